The second-order valence-corrected chi connectivity index (χ2v) is 7.33. The van der Waals surface area contributed by atoms with Gasteiger partial charge < -0.3 is 14.8 Å². The van der Waals surface area contributed by atoms with Crippen molar-refractivity contribution < 1.29 is 9.47 Å². The summed E-state index contributed by atoms with van der Waals surface area (Å²) in [6, 6.07) is 4.66. The maximum absolute atomic E-state index is 5.87. The van der Waals surface area contributed by atoms with Gasteiger partial charge in [0.05, 0.1) is 25.5 Å². The van der Waals surface area contributed by atoms with Crippen LogP contribution < -0.4 is 10.1 Å². The van der Waals surface area contributed by atoms with Crippen LogP contribution >= 0.6 is 0 Å². The third kappa shape index (κ3) is 6.88. The Kier molecular flexibility index (Phi) is 7.31. The summed E-state index contributed by atoms with van der Waals surface area (Å²) in [6.45, 7) is 11.1. The van der Waals surface area contributed by atoms with Crippen LogP contribution in [0.15, 0.2) is 18.3 Å². The van der Waals surface area contributed by atoms with E-state index in [-0.39, 0.29) is 0 Å². The van der Waals surface area contributed by atoms with Crippen LogP contribution in [0.25, 0.3) is 0 Å². The lowest BCUT2D eigenvalue weighted by molar-refractivity contribution is -0.0290. The Balaban J connectivity index is 1.60. The van der Waals surface area contributed by atoms with Gasteiger partial charge in [-0.3, -0.25) is 4.98 Å². The van der Waals surface area contributed by atoms with Gasteiger partial charge in [-0.2, -0.15) is 0 Å². The van der Waals surface area contributed by atoms with Gasteiger partial charge in [-0.15, -0.1) is 0 Å². The summed E-state index contributed by atoms with van der Waals surface area (Å²) in [5, 5.41) is 3.38. The SMILES string of the molecule is CC(C)COc1ccc(CC2CC(OCCNC(C)C)C2)nc1. The van der Waals surface area contributed by atoms with E-state index in [4.69, 9.17) is 9.47 Å². The fourth-order valence-electron chi connectivity index (χ4n) is 2.73. The molecule has 1 saturated carbocycles. The Morgan fingerprint density at radius 3 is 2.61 bits per heavy atom. The molecule has 1 aromatic heterocycles. The van der Waals surface area contributed by atoms with Crippen molar-refractivity contribution in [2.75, 3.05) is 19.8 Å². The van der Waals surface area contributed by atoms with Crippen LogP contribution in [-0.4, -0.2) is 36.9 Å². The average Bonchev–Trinajstić information content (AvgIpc) is 2.47. The number of nitrogens with one attached hydrogen (secondary N) is 1. The highest BCUT2D eigenvalue weighted by molar-refractivity contribution is 5.20. The first-order valence-electron chi connectivity index (χ1n) is 8.95. The van der Waals surface area contributed by atoms with Crippen molar-refractivity contribution >= 4 is 0 Å². The van der Waals surface area contributed by atoms with Gasteiger partial charge in [-0.1, -0.05) is 27.7 Å². The molecule has 0 spiro atoms. The molecular weight excluding hydrogens is 288 g/mol. The zero-order chi connectivity index (χ0) is 16.7. The van der Waals surface area contributed by atoms with Crippen LogP contribution in [0.2, 0.25) is 0 Å². The van der Waals surface area contributed by atoms with Crippen molar-refractivity contribution in [3.05, 3.63) is 24.0 Å². The monoisotopic (exact) mass is 320 g/mol. The van der Waals surface area contributed by atoms with Crippen molar-refractivity contribution in [3.8, 4) is 5.75 Å². The van der Waals surface area contributed by atoms with Crippen molar-refractivity contribution in [1.29, 1.82) is 0 Å². The van der Waals surface area contributed by atoms with Gasteiger partial charge in [0.25, 0.3) is 0 Å². The lowest BCUT2D eigenvalue weighted by Crippen LogP contribution is -2.35. The molecule has 2 rings (SSSR count). The Bertz CT molecular complexity index is 439. The van der Waals surface area contributed by atoms with Gasteiger partial charge in [0.2, 0.25) is 0 Å². The molecule has 0 unspecified atom stereocenters. The minimum Gasteiger partial charge on any atom is -0.492 e. The molecule has 0 aliphatic heterocycles. The molecule has 130 valence electrons. The third-order valence-corrected chi connectivity index (χ3v) is 4.08. The van der Waals surface area contributed by atoms with Crippen molar-refractivity contribution in [3.63, 3.8) is 0 Å². The van der Waals surface area contributed by atoms with Crippen LogP contribution in [0, 0.1) is 11.8 Å². The van der Waals surface area contributed by atoms with Crippen LogP contribution in [0.5, 0.6) is 5.75 Å². The minimum atomic E-state index is 0.447. The van der Waals surface area contributed by atoms with Gasteiger partial charge in [-0.25, -0.2) is 0 Å². The van der Waals surface area contributed by atoms with Crippen LogP contribution in [0.3, 0.4) is 0 Å². The largest absolute Gasteiger partial charge is 0.492 e. The fraction of sp³-hybridized carbons (Fsp3) is 0.737. The topological polar surface area (TPSA) is 43.4 Å². The van der Waals surface area contributed by atoms with Crippen molar-refractivity contribution in [2.45, 2.75) is 59.1 Å². The normalized spacial score (nSPS) is 20.8. The number of nitrogens with zero attached hydrogens (tertiary/aromatic N) is 1. The molecule has 1 aromatic rings. The predicted octanol–water partition coefficient (Wildman–Crippen LogP) is 3.45. The Hall–Kier alpha value is -1.13. The number of aromatic nitrogens is 1. The number of hydrogen-bond donors (Lipinski definition) is 1. The van der Waals surface area contributed by atoms with E-state index in [9.17, 15) is 0 Å². The van der Waals surface area contributed by atoms with E-state index in [1.165, 1.54) is 0 Å². The van der Waals surface area contributed by atoms with Crippen LogP contribution in [0.4, 0.5) is 0 Å². The first kappa shape index (κ1) is 18.2. The molecule has 0 radical (unpaired) electrons. The number of pyridine rings is 1. The second-order valence-electron chi connectivity index (χ2n) is 7.33. The van der Waals surface area contributed by atoms with Crippen LogP contribution in [-0.2, 0) is 11.2 Å². The Labute approximate surface area is 141 Å². The number of ether oxygens (including phenoxy) is 2. The maximum Gasteiger partial charge on any atom is 0.137 e. The first-order valence-corrected chi connectivity index (χ1v) is 8.95. The molecule has 0 atom stereocenters. The van der Waals surface area contributed by atoms with Gasteiger partial charge in [0.1, 0.15) is 5.75 Å². The molecule has 1 aliphatic carbocycles. The third-order valence-electron chi connectivity index (χ3n) is 4.08. The highest BCUT2D eigenvalue weighted by atomic mass is 16.5. The molecule has 1 fully saturated rings. The standard InChI is InChI=1S/C19H32N2O2/c1-14(2)13-23-18-6-5-17(21-12-18)9-16-10-19(11-16)22-8-7-20-15(3)4/h5-6,12,14-16,19-20H,7-11,13H2,1-4H3. The highest BCUT2D eigenvalue weighted by Crippen LogP contribution is 2.32. The van der Waals surface area contributed by atoms with E-state index in [1.54, 1.807) is 0 Å². The summed E-state index contributed by atoms with van der Waals surface area (Å²) < 4.78 is 11.5. The molecule has 4 nitrogen and oxygen atoms in total. The lowest BCUT2D eigenvalue weighted by Gasteiger charge is -2.35. The second kappa shape index (κ2) is 9.24. The Morgan fingerprint density at radius 1 is 1.22 bits per heavy atom. The molecule has 1 aliphatic rings. The number of hydrogen-bond acceptors (Lipinski definition) is 4. The van der Waals surface area contributed by atoms with E-state index in [0.717, 1.165) is 50.5 Å². The van der Waals surface area contributed by atoms with E-state index >= 15 is 0 Å². The number of rotatable bonds is 10. The molecule has 1 heterocycles. The molecule has 0 aromatic carbocycles. The molecular formula is C19H32N2O2. The van der Waals surface area contributed by atoms with E-state index < -0.39 is 0 Å². The summed E-state index contributed by atoms with van der Waals surface area (Å²) in [5.74, 6) is 2.13. The van der Waals surface area contributed by atoms with Gasteiger partial charge in [0.15, 0.2) is 0 Å². The van der Waals surface area contributed by atoms with E-state index in [1.807, 2.05) is 12.3 Å². The van der Waals surface area contributed by atoms with Crippen molar-refractivity contribution in [2.24, 2.45) is 11.8 Å². The molecule has 0 amide bonds. The van der Waals surface area contributed by atoms with Gasteiger partial charge >= 0.3 is 0 Å². The fourth-order valence-corrected chi connectivity index (χ4v) is 2.73. The average molecular weight is 320 g/mol. The van der Waals surface area contributed by atoms with Crippen molar-refractivity contribution in [1.82, 2.24) is 10.3 Å². The smallest absolute Gasteiger partial charge is 0.137 e. The summed E-state index contributed by atoms with van der Waals surface area (Å²) >= 11 is 0. The molecule has 0 saturated heterocycles. The molecule has 4 heteroatoms. The summed E-state index contributed by atoms with van der Waals surface area (Å²) in [4.78, 5) is 4.52. The van der Waals surface area contributed by atoms with Gasteiger partial charge in [0, 0.05) is 18.3 Å². The maximum atomic E-state index is 5.87. The molecule has 1 N–H and O–H groups in total. The highest BCUT2D eigenvalue weighted by Gasteiger charge is 2.29. The zero-order valence-electron chi connectivity index (χ0n) is 15.0. The molecule has 0 bridgehead atoms. The Morgan fingerprint density at radius 2 is 2.00 bits per heavy atom. The minimum absolute atomic E-state index is 0.447. The first-order chi connectivity index (χ1) is 11.0. The summed E-state index contributed by atoms with van der Waals surface area (Å²) in [7, 11) is 0. The predicted molar refractivity (Wildman–Crippen MR) is 93.9 cm³/mol. The molecule has 23 heavy (non-hydrogen) atoms. The summed E-state index contributed by atoms with van der Waals surface area (Å²) in [6.07, 6.45) is 5.67. The lowest BCUT2D eigenvalue weighted by atomic mass is 9.79. The van der Waals surface area contributed by atoms with Gasteiger partial charge in [-0.05, 0) is 43.2 Å². The quantitative estimate of drug-likeness (QED) is 0.671. The van der Waals surface area contributed by atoms with E-state index in [2.05, 4.69) is 44.1 Å². The van der Waals surface area contributed by atoms with E-state index in [0.29, 0.717) is 24.0 Å². The van der Waals surface area contributed by atoms with Crippen LogP contribution in [0.1, 0.15) is 46.2 Å². The zero-order valence-corrected chi connectivity index (χ0v) is 15.0. The summed E-state index contributed by atoms with van der Waals surface area (Å²) in [5.41, 5.74) is 1.16.